The maximum atomic E-state index is 9.82. The monoisotopic (exact) mass is 317 g/mol. The molecular formula is C9H19NO9S. The zero-order chi connectivity index (χ0) is 16.3. The third-order valence-corrected chi connectivity index (χ3v) is 2.41. The van der Waals surface area contributed by atoms with Gasteiger partial charge in [-0.2, -0.15) is 8.42 Å². The second-order valence-corrected chi connectivity index (χ2v) is 5.40. The van der Waals surface area contributed by atoms with Crippen molar-refractivity contribution in [2.75, 3.05) is 6.61 Å². The van der Waals surface area contributed by atoms with E-state index in [0.29, 0.717) is 5.57 Å². The molecular weight excluding hydrogens is 298 g/mol. The van der Waals surface area contributed by atoms with Gasteiger partial charge in [-0.3, -0.25) is 4.55 Å². The van der Waals surface area contributed by atoms with Crippen molar-refractivity contribution in [3.8, 4) is 0 Å². The average Bonchev–Trinajstić information content (AvgIpc) is 2.28. The molecule has 1 aliphatic rings. The van der Waals surface area contributed by atoms with Crippen molar-refractivity contribution < 1.29 is 43.2 Å². The minimum absolute atomic E-state index is 0.347. The number of hydrogen-bond acceptors (Lipinski definition) is 8. The fourth-order valence-corrected chi connectivity index (χ4v) is 1.40. The van der Waals surface area contributed by atoms with Crippen molar-refractivity contribution in [1.82, 2.24) is 0 Å². The molecule has 120 valence electrons. The van der Waals surface area contributed by atoms with Gasteiger partial charge < -0.3 is 30.3 Å². The summed E-state index contributed by atoms with van der Waals surface area (Å²) in [6, 6.07) is 0. The first-order valence-corrected chi connectivity index (χ1v) is 6.83. The van der Waals surface area contributed by atoms with Crippen LogP contribution in [0.5, 0.6) is 0 Å². The van der Waals surface area contributed by atoms with Gasteiger partial charge in [0.2, 0.25) is 0 Å². The second-order valence-electron chi connectivity index (χ2n) is 4.37. The molecule has 0 aromatic rings. The summed E-state index contributed by atoms with van der Waals surface area (Å²) in [6.45, 7) is 2.66. The molecule has 0 aromatic carbocycles. The van der Waals surface area contributed by atoms with Gasteiger partial charge in [-0.25, -0.2) is 5.14 Å². The summed E-state index contributed by atoms with van der Waals surface area (Å²) in [5.74, 6) is -2.90. The number of ether oxygens (including phenoxy) is 1. The lowest BCUT2D eigenvalue weighted by Crippen LogP contribution is -2.61. The highest BCUT2D eigenvalue weighted by molar-refractivity contribution is 7.83. The van der Waals surface area contributed by atoms with Crippen molar-refractivity contribution in [1.29, 1.82) is 0 Å². The Kier molecular flexibility index (Phi) is 6.51. The predicted molar refractivity (Wildman–Crippen MR) is 65.7 cm³/mol. The Morgan fingerprint density at radius 2 is 1.70 bits per heavy atom. The number of allylic oxidation sites excluding steroid dienone is 1. The Balaban J connectivity index is 0.000000621. The van der Waals surface area contributed by atoms with Crippen LogP contribution in [0.1, 0.15) is 13.8 Å². The summed E-state index contributed by atoms with van der Waals surface area (Å²) in [5.41, 5.74) is 0.347. The van der Waals surface area contributed by atoms with Gasteiger partial charge in [0.15, 0.2) is 5.76 Å². The van der Waals surface area contributed by atoms with E-state index >= 15 is 0 Å². The molecule has 0 saturated carbocycles. The van der Waals surface area contributed by atoms with Gasteiger partial charge in [-0.1, -0.05) is 0 Å². The van der Waals surface area contributed by atoms with E-state index < -0.39 is 40.2 Å². The predicted octanol–water partition coefficient (Wildman–Crippen LogP) is -2.61. The maximum Gasteiger partial charge on any atom is 0.330 e. The minimum Gasteiger partial charge on any atom is -0.507 e. The molecule has 0 aliphatic carbocycles. The molecule has 1 saturated heterocycles. The third-order valence-electron chi connectivity index (χ3n) is 2.41. The fourth-order valence-electron chi connectivity index (χ4n) is 1.40. The van der Waals surface area contributed by atoms with Crippen LogP contribution in [-0.2, 0) is 15.0 Å². The van der Waals surface area contributed by atoms with Gasteiger partial charge in [-0.15, -0.1) is 0 Å². The molecule has 1 heterocycles. The smallest absolute Gasteiger partial charge is 0.330 e. The van der Waals surface area contributed by atoms with Crippen molar-refractivity contribution in [3.63, 3.8) is 0 Å². The van der Waals surface area contributed by atoms with E-state index in [1.165, 1.54) is 13.8 Å². The molecule has 8 N–H and O–H groups in total. The van der Waals surface area contributed by atoms with Gasteiger partial charge in [0, 0.05) is 0 Å². The normalized spacial score (nSPS) is 33.9. The zero-order valence-corrected chi connectivity index (χ0v) is 11.6. The minimum atomic E-state index is -4.17. The molecule has 0 unspecified atom stereocenters. The Labute approximate surface area is 115 Å². The van der Waals surface area contributed by atoms with Crippen LogP contribution in [0.2, 0.25) is 0 Å². The van der Waals surface area contributed by atoms with Crippen molar-refractivity contribution in [2.45, 2.75) is 37.9 Å². The molecule has 11 heteroatoms. The van der Waals surface area contributed by atoms with E-state index in [2.05, 4.69) is 5.14 Å². The van der Waals surface area contributed by atoms with Crippen LogP contribution < -0.4 is 5.14 Å². The Hall–Kier alpha value is -0.790. The topological polar surface area (TPSA) is 191 Å². The maximum absolute atomic E-state index is 9.82. The summed E-state index contributed by atoms with van der Waals surface area (Å²) in [4.78, 5) is 0. The zero-order valence-electron chi connectivity index (χ0n) is 10.8. The summed E-state index contributed by atoms with van der Waals surface area (Å²) in [6.07, 6.45) is -4.65. The van der Waals surface area contributed by atoms with Crippen molar-refractivity contribution in [2.24, 2.45) is 5.14 Å². The number of hydrogen-bond donors (Lipinski definition) is 7. The highest BCUT2D eigenvalue weighted by Gasteiger charge is 2.51. The summed E-state index contributed by atoms with van der Waals surface area (Å²) in [5, 5.41) is 51.2. The SMILES string of the molecule is CC(C)=C(O)[C@@]1(O)OC[C@@H](O)[C@@H](O)[C@@H]1O.NS(=O)(=O)O. The fraction of sp³-hybridized carbons (Fsp3) is 0.778. The second kappa shape index (κ2) is 6.78. The lowest BCUT2D eigenvalue weighted by molar-refractivity contribution is -0.312. The third kappa shape index (κ3) is 5.30. The van der Waals surface area contributed by atoms with E-state index in [-0.39, 0.29) is 6.61 Å². The Bertz CT molecular complexity index is 450. The molecule has 1 fully saturated rings. The largest absolute Gasteiger partial charge is 0.507 e. The number of nitrogens with two attached hydrogens (primary N) is 1. The summed E-state index contributed by atoms with van der Waals surface area (Å²) >= 11 is 0. The van der Waals surface area contributed by atoms with Crippen LogP contribution >= 0.6 is 0 Å². The molecule has 1 rings (SSSR count). The van der Waals surface area contributed by atoms with Gasteiger partial charge in [0.25, 0.3) is 5.79 Å². The van der Waals surface area contributed by atoms with E-state index in [4.69, 9.17) is 22.8 Å². The lowest BCUT2D eigenvalue weighted by atomic mass is 9.94. The van der Waals surface area contributed by atoms with Crippen LogP contribution in [0.25, 0.3) is 0 Å². The first kappa shape index (κ1) is 19.2. The van der Waals surface area contributed by atoms with Crippen LogP contribution in [0.4, 0.5) is 0 Å². The highest BCUT2D eigenvalue weighted by atomic mass is 32.2. The average molecular weight is 317 g/mol. The number of aliphatic hydroxyl groups excluding tert-OH is 4. The summed E-state index contributed by atoms with van der Waals surface area (Å²) in [7, 11) is -4.17. The van der Waals surface area contributed by atoms with Crippen LogP contribution in [-0.4, -0.2) is 69.2 Å². The van der Waals surface area contributed by atoms with Gasteiger partial charge in [0.1, 0.15) is 18.3 Å². The molecule has 0 bridgehead atoms. The number of aliphatic hydroxyl groups is 5. The molecule has 0 amide bonds. The summed E-state index contributed by atoms with van der Waals surface area (Å²) < 4.78 is 30.0. The molecule has 20 heavy (non-hydrogen) atoms. The lowest BCUT2D eigenvalue weighted by Gasteiger charge is -2.41. The van der Waals surface area contributed by atoms with Gasteiger partial charge in [-0.05, 0) is 19.4 Å². The quantitative estimate of drug-likeness (QED) is 0.200. The molecule has 0 radical (unpaired) electrons. The van der Waals surface area contributed by atoms with Crippen molar-refractivity contribution >= 4 is 10.3 Å². The van der Waals surface area contributed by atoms with Crippen molar-refractivity contribution in [3.05, 3.63) is 11.3 Å². The Morgan fingerprint density at radius 3 is 2.05 bits per heavy atom. The van der Waals surface area contributed by atoms with E-state index in [1.807, 2.05) is 0 Å². The van der Waals surface area contributed by atoms with Gasteiger partial charge in [0.05, 0.1) is 6.61 Å². The highest BCUT2D eigenvalue weighted by Crippen LogP contribution is 2.30. The van der Waals surface area contributed by atoms with Crippen LogP contribution in [0.15, 0.2) is 11.3 Å². The number of rotatable bonds is 1. The first-order chi connectivity index (χ1) is 8.80. The van der Waals surface area contributed by atoms with Crippen LogP contribution in [0.3, 0.4) is 0 Å². The van der Waals surface area contributed by atoms with E-state index in [0.717, 1.165) is 0 Å². The molecule has 10 nitrogen and oxygen atoms in total. The standard InChI is InChI=1S/C9H16O6.H3NO3S/c1-4(2)7(12)9(14)8(13)6(11)5(10)3-15-9;1-5(2,3)4/h5-6,8,10-14H,3H2,1-2H3;(H3,1,2,3,4)/t5-,6-,8+,9-;/m1./s1. The molecule has 0 spiro atoms. The molecule has 1 aliphatic heterocycles. The first-order valence-electron chi connectivity index (χ1n) is 5.33. The van der Waals surface area contributed by atoms with E-state index in [9.17, 15) is 20.4 Å². The molecule has 4 atom stereocenters. The van der Waals surface area contributed by atoms with E-state index in [1.54, 1.807) is 0 Å². The molecule has 0 aromatic heterocycles. The van der Waals surface area contributed by atoms with Gasteiger partial charge >= 0.3 is 10.3 Å². The Morgan fingerprint density at radius 1 is 1.30 bits per heavy atom. The van der Waals surface area contributed by atoms with Crippen LogP contribution in [0, 0.1) is 0 Å².